The molecule has 0 aliphatic carbocycles. The first-order valence-electron chi connectivity index (χ1n) is 10.4. The summed E-state index contributed by atoms with van der Waals surface area (Å²) >= 11 is 0. The van der Waals surface area contributed by atoms with Crippen LogP contribution >= 0.6 is 0 Å². The molecular formula is C25H22F3N5O. The molecule has 0 saturated heterocycles. The summed E-state index contributed by atoms with van der Waals surface area (Å²) < 4.78 is 39.7. The van der Waals surface area contributed by atoms with E-state index in [4.69, 9.17) is 5.73 Å². The van der Waals surface area contributed by atoms with Crippen LogP contribution in [-0.2, 0) is 6.18 Å². The van der Waals surface area contributed by atoms with Gasteiger partial charge in [-0.05, 0) is 66.1 Å². The first-order valence-corrected chi connectivity index (χ1v) is 10.4. The molecule has 34 heavy (non-hydrogen) atoms. The second-order valence-electron chi connectivity index (χ2n) is 8.11. The Balaban J connectivity index is 1.70. The van der Waals surface area contributed by atoms with Gasteiger partial charge in [-0.1, -0.05) is 12.1 Å². The molecule has 0 radical (unpaired) electrons. The van der Waals surface area contributed by atoms with Gasteiger partial charge in [-0.2, -0.15) is 13.2 Å². The lowest BCUT2D eigenvalue weighted by molar-refractivity contribution is -0.137. The molecule has 0 saturated carbocycles. The van der Waals surface area contributed by atoms with Crippen LogP contribution in [0.1, 0.15) is 21.5 Å². The smallest absolute Gasteiger partial charge is 0.376 e. The lowest BCUT2D eigenvalue weighted by Crippen LogP contribution is -2.18. The second-order valence-corrected chi connectivity index (χ2v) is 8.11. The summed E-state index contributed by atoms with van der Waals surface area (Å²) in [7, 11) is 3.39. The summed E-state index contributed by atoms with van der Waals surface area (Å²) in [5, 5.41) is 3.43. The van der Waals surface area contributed by atoms with Crippen LogP contribution in [0.4, 0.5) is 30.5 Å². The van der Waals surface area contributed by atoms with Crippen molar-refractivity contribution >= 4 is 34.1 Å². The van der Waals surface area contributed by atoms with Crippen molar-refractivity contribution < 1.29 is 18.0 Å². The van der Waals surface area contributed by atoms with Gasteiger partial charge in [0.2, 0.25) is 5.95 Å². The molecule has 1 amide bonds. The number of nitrogens with two attached hydrogens (primary N) is 1. The van der Waals surface area contributed by atoms with Gasteiger partial charge in [0.15, 0.2) is 0 Å². The maximum Gasteiger partial charge on any atom is 0.416 e. The minimum absolute atomic E-state index is 0.0763. The lowest BCUT2D eigenvalue weighted by atomic mass is 9.97. The molecule has 0 atom stereocenters. The Hall–Kier alpha value is -4.14. The summed E-state index contributed by atoms with van der Waals surface area (Å²) in [6, 6.07) is 14.0. The fourth-order valence-electron chi connectivity index (χ4n) is 3.69. The third-order valence-corrected chi connectivity index (χ3v) is 5.46. The Kier molecular flexibility index (Phi) is 5.87. The number of nitrogens with zero attached hydrogens (tertiary/aromatic N) is 3. The molecule has 0 fully saturated rings. The molecule has 1 aromatic heterocycles. The SMILES string of the molecule is Cc1ccc(C(=O)Nc2cc(C(F)(F)F)ccc2N(C)C)cc1-c1ccc2nc(N)ncc2c1. The average molecular weight is 465 g/mol. The number of carbonyl (C=O) groups is 1. The zero-order valence-corrected chi connectivity index (χ0v) is 18.7. The van der Waals surface area contributed by atoms with E-state index in [1.54, 1.807) is 43.4 Å². The molecule has 174 valence electrons. The van der Waals surface area contributed by atoms with Crippen LogP contribution in [0.3, 0.4) is 0 Å². The Morgan fingerprint density at radius 2 is 1.79 bits per heavy atom. The molecule has 4 aromatic rings. The first-order chi connectivity index (χ1) is 16.0. The minimum Gasteiger partial charge on any atom is -0.376 e. The normalized spacial score (nSPS) is 11.5. The number of halogens is 3. The van der Waals surface area contributed by atoms with Crippen LogP contribution in [0.25, 0.3) is 22.0 Å². The topological polar surface area (TPSA) is 84.1 Å². The fourth-order valence-corrected chi connectivity index (χ4v) is 3.69. The number of nitrogens with one attached hydrogen (secondary N) is 1. The summed E-state index contributed by atoms with van der Waals surface area (Å²) in [5.74, 6) is -0.331. The van der Waals surface area contributed by atoms with Gasteiger partial charge in [-0.15, -0.1) is 0 Å². The van der Waals surface area contributed by atoms with E-state index in [2.05, 4.69) is 15.3 Å². The molecule has 0 bridgehead atoms. The summed E-state index contributed by atoms with van der Waals surface area (Å²) in [5.41, 5.74) is 8.95. The number of benzene rings is 3. The van der Waals surface area contributed by atoms with Gasteiger partial charge in [0.1, 0.15) is 0 Å². The molecule has 0 spiro atoms. The van der Waals surface area contributed by atoms with Crippen LogP contribution in [0.15, 0.2) is 60.8 Å². The molecule has 1 heterocycles. The molecule has 0 aliphatic heterocycles. The Labute approximate surface area is 194 Å². The Bertz CT molecular complexity index is 1400. The third-order valence-electron chi connectivity index (χ3n) is 5.46. The second kappa shape index (κ2) is 8.66. The number of carbonyl (C=O) groups excluding carboxylic acids is 1. The van der Waals surface area contributed by atoms with Crippen molar-refractivity contribution in [2.24, 2.45) is 0 Å². The van der Waals surface area contributed by atoms with Crippen LogP contribution in [0.2, 0.25) is 0 Å². The molecular weight excluding hydrogens is 443 g/mol. The number of aryl methyl sites for hydroxylation is 1. The number of fused-ring (bicyclic) bond motifs is 1. The standard InChI is InChI=1S/C25H22F3N5O/c1-14-4-5-16(11-19(14)15-6-8-20-17(10-15)13-30-24(29)32-20)23(34)31-21-12-18(25(26,27)28)7-9-22(21)33(2)3/h4-13H,1-3H3,(H,31,34)(H2,29,30,32). The van der Waals surface area contributed by atoms with E-state index in [1.165, 1.54) is 6.07 Å². The summed E-state index contributed by atoms with van der Waals surface area (Å²) in [6.07, 6.45) is -2.89. The number of amides is 1. The van der Waals surface area contributed by atoms with E-state index in [0.717, 1.165) is 34.2 Å². The first kappa shape index (κ1) is 23.0. The quantitative estimate of drug-likeness (QED) is 0.414. The van der Waals surface area contributed by atoms with Crippen molar-refractivity contribution in [3.05, 3.63) is 77.5 Å². The van der Waals surface area contributed by atoms with E-state index in [9.17, 15) is 18.0 Å². The van der Waals surface area contributed by atoms with Crippen molar-refractivity contribution in [3.8, 4) is 11.1 Å². The maximum absolute atomic E-state index is 13.2. The van der Waals surface area contributed by atoms with Crippen molar-refractivity contribution in [1.82, 2.24) is 9.97 Å². The molecule has 3 aromatic carbocycles. The summed E-state index contributed by atoms with van der Waals surface area (Å²) in [4.78, 5) is 22.9. The maximum atomic E-state index is 13.2. The molecule has 0 unspecified atom stereocenters. The van der Waals surface area contributed by atoms with Crippen molar-refractivity contribution in [2.45, 2.75) is 13.1 Å². The third kappa shape index (κ3) is 4.63. The van der Waals surface area contributed by atoms with Gasteiger partial charge in [0, 0.05) is 31.2 Å². The zero-order valence-electron chi connectivity index (χ0n) is 18.7. The van der Waals surface area contributed by atoms with Gasteiger partial charge < -0.3 is 16.0 Å². The van der Waals surface area contributed by atoms with E-state index in [-0.39, 0.29) is 11.6 Å². The highest BCUT2D eigenvalue weighted by Gasteiger charge is 2.31. The number of nitrogen functional groups attached to an aromatic ring is 1. The van der Waals surface area contributed by atoms with E-state index in [1.807, 2.05) is 25.1 Å². The molecule has 0 aliphatic rings. The number of alkyl halides is 3. The van der Waals surface area contributed by atoms with Crippen LogP contribution < -0.4 is 16.0 Å². The molecule has 4 rings (SSSR count). The predicted octanol–water partition coefficient (Wildman–Crippen LogP) is 5.52. The lowest BCUT2D eigenvalue weighted by Gasteiger charge is -2.20. The Morgan fingerprint density at radius 3 is 2.50 bits per heavy atom. The summed E-state index contributed by atoms with van der Waals surface area (Å²) in [6.45, 7) is 1.91. The average Bonchev–Trinajstić information content (AvgIpc) is 2.78. The van der Waals surface area contributed by atoms with Gasteiger partial charge >= 0.3 is 6.18 Å². The Morgan fingerprint density at radius 1 is 1.03 bits per heavy atom. The number of aromatic nitrogens is 2. The zero-order chi connectivity index (χ0) is 24.6. The van der Waals surface area contributed by atoms with E-state index < -0.39 is 17.6 Å². The predicted molar refractivity (Wildman–Crippen MR) is 128 cm³/mol. The molecule has 3 N–H and O–H groups in total. The fraction of sp³-hybridized carbons (Fsp3) is 0.160. The van der Waals surface area contributed by atoms with Crippen molar-refractivity contribution in [2.75, 3.05) is 30.0 Å². The van der Waals surface area contributed by atoms with Crippen LogP contribution in [0, 0.1) is 6.92 Å². The molecule has 6 nitrogen and oxygen atoms in total. The van der Waals surface area contributed by atoms with Gasteiger partial charge in [-0.3, -0.25) is 4.79 Å². The number of anilines is 3. The van der Waals surface area contributed by atoms with Crippen molar-refractivity contribution in [3.63, 3.8) is 0 Å². The highest BCUT2D eigenvalue weighted by atomic mass is 19.4. The van der Waals surface area contributed by atoms with Gasteiger partial charge in [0.05, 0.1) is 22.5 Å². The molecule has 9 heteroatoms. The monoisotopic (exact) mass is 465 g/mol. The minimum atomic E-state index is -4.52. The number of hydrogen-bond acceptors (Lipinski definition) is 5. The van der Waals surface area contributed by atoms with Gasteiger partial charge in [0.25, 0.3) is 5.91 Å². The number of rotatable bonds is 4. The van der Waals surface area contributed by atoms with Crippen LogP contribution in [-0.4, -0.2) is 30.0 Å². The van der Waals surface area contributed by atoms with Crippen molar-refractivity contribution in [1.29, 1.82) is 0 Å². The number of hydrogen-bond donors (Lipinski definition) is 2. The highest BCUT2D eigenvalue weighted by Crippen LogP contribution is 2.35. The van der Waals surface area contributed by atoms with E-state index >= 15 is 0 Å². The van der Waals surface area contributed by atoms with Gasteiger partial charge in [-0.25, -0.2) is 9.97 Å². The van der Waals surface area contributed by atoms with E-state index in [0.29, 0.717) is 16.8 Å². The highest BCUT2D eigenvalue weighted by molar-refractivity contribution is 6.07. The largest absolute Gasteiger partial charge is 0.416 e. The van der Waals surface area contributed by atoms with Crippen LogP contribution in [0.5, 0.6) is 0 Å².